The van der Waals surface area contributed by atoms with Crippen molar-refractivity contribution in [3.8, 4) is 0 Å². The van der Waals surface area contributed by atoms with Crippen LogP contribution in [0.5, 0.6) is 0 Å². The molecule has 0 fully saturated rings. The Bertz CT molecular complexity index is 1780. The quantitative estimate of drug-likeness (QED) is 0.0466. The van der Waals surface area contributed by atoms with Gasteiger partial charge in [-0.15, -0.1) is 0 Å². The second kappa shape index (κ2) is 93.3. The Kier molecular flexibility index (Phi) is 93.3. The summed E-state index contributed by atoms with van der Waals surface area (Å²) in [5, 5.41) is 36.6. The highest BCUT2D eigenvalue weighted by atomic mass is 16.6. The molecule has 2 aromatic carbocycles. The molecular weight excluding hydrogens is 1300 g/mol. The molecule has 616 valence electrons. The molecule has 12 nitrogen and oxygen atoms in total. The number of unbranched alkanes of at least 4 members (excludes halogenated alkanes) is 52. The second-order valence-electron chi connectivity index (χ2n) is 30.1. The first-order valence-electron chi connectivity index (χ1n) is 44.5. The Morgan fingerprint density at radius 1 is 0.240 bits per heavy atom. The standard InChI is InChI=1S/C27H48O3.C26H46O3.C20H42O3.C19H40O3/c1-3-4-5-6-7-8-9-10-11-12-13-14-15-19-22-29-25-27(24-28-2)30-23-26-20-17-16-18-21-26;1-2-3-4-5-6-7-8-9-10-11-12-13-14-18-21-28-24-26(22-27)29-23-25-19-16-15-17-20-25;1-3-4-5-6-7-8-9-10-11-12-13-14-15-16-17-23-19-20(21)18-22-2;1-2-3-4-5-6-7-8-9-10-11-12-13-14-15-16-22-18-19(21)17-20/h16-18,20-21,27H,3-15,19,22-25H2,1-2H3;15-17,19-20,26-27H,2-14,18,21-24H2,1H3;20-21H,3-19H2,1-2H3;19-21H,2-18H2,1H3. The molecule has 12 heteroatoms. The molecule has 2 aromatic rings. The summed E-state index contributed by atoms with van der Waals surface area (Å²) in [7, 11) is 3.31. The predicted octanol–water partition coefficient (Wildman–Crippen LogP) is 25.1. The molecule has 0 heterocycles. The molecule has 0 bridgehead atoms. The van der Waals surface area contributed by atoms with E-state index in [1.165, 1.54) is 339 Å². The monoisotopic (exact) mass is 1470 g/mol. The van der Waals surface area contributed by atoms with Crippen LogP contribution in [0.4, 0.5) is 0 Å². The summed E-state index contributed by atoms with van der Waals surface area (Å²) in [6, 6.07) is 20.3. The number of aliphatic hydroxyl groups is 4. The van der Waals surface area contributed by atoms with Gasteiger partial charge in [0, 0.05) is 40.6 Å². The van der Waals surface area contributed by atoms with E-state index in [0.29, 0.717) is 52.9 Å². The van der Waals surface area contributed by atoms with Crippen molar-refractivity contribution in [1.82, 2.24) is 0 Å². The zero-order chi connectivity index (χ0) is 75.7. The molecule has 2 rings (SSSR count). The number of ether oxygens (including phenoxy) is 8. The Labute approximate surface area is 645 Å². The van der Waals surface area contributed by atoms with Gasteiger partial charge in [0.1, 0.15) is 24.4 Å². The molecule has 0 radical (unpaired) electrons. The van der Waals surface area contributed by atoms with Crippen molar-refractivity contribution in [2.45, 2.75) is 425 Å². The van der Waals surface area contributed by atoms with Crippen LogP contribution >= 0.6 is 0 Å². The minimum Gasteiger partial charge on any atom is -0.394 e. The maximum atomic E-state index is 9.42. The molecule has 0 saturated carbocycles. The van der Waals surface area contributed by atoms with Gasteiger partial charge in [-0.1, -0.05) is 422 Å². The molecule has 0 spiro atoms. The molecule has 104 heavy (non-hydrogen) atoms. The molecule has 0 amide bonds. The van der Waals surface area contributed by atoms with Crippen molar-refractivity contribution in [1.29, 1.82) is 0 Å². The van der Waals surface area contributed by atoms with Crippen molar-refractivity contribution in [3.05, 3.63) is 71.8 Å². The molecule has 4 atom stereocenters. The largest absolute Gasteiger partial charge is 0.394 e. The van der Waals surface area contributed by atoms with Gasteiger partial charge < -0.3 is 58.3 Å². The van der Waals surface area contributed by atoms with Gasteiger partial charge in [-0.3, -0.25) is 0 Å². The van der Waals surface area contributed by atoms with E-state index in [4.69, 9.17) is 48.1 Å². The fourth-order valence-corrected chi connectivity index (χ4v) is 12.8. The lowest BCUT2D eigenvalue weighted by atomic mass is 10.0. The van der Waals surface area contributed by atoms with Crippen molar-refractivity contribution in [2.75, 3.05) is 93.5 Å². The van der Waals surface area contributed by atoms with Crippen LogP contribution in [-0.4, -0.2) is 138 Å². The maximum absolute atomic E-state index is 9.42. The van der Waals surface area contributed by atoms with Crippen molar-refractivity contribution < 1.29 is 58.3 Å². The van der Waals surface area contributed by atoms with Crippen molar-refractivity contribution >= 4 is 0 Å². The van der Waals surface area contributed by atoms with E-state index in [-0.39, 0.29) is 32.0 Å². The highest BCUT2D eigenvalue weighted by molar-refractivity contribution is 5.14. The minimum absolute atomic E-state index is 0.00171. The third-order valence-electron chi connectivity index (χ3n) is 19.6. The van der Waals surface area contributed by atoms with Crippen molar-refractivity contribution in [3.63, 3.8) is 0 Å². The van der Waals surface area contributed by atoms with Gasteiger partial charge in [0.05, 0.1) is 66.1 Å². The van der Waals surface area contributed by atoms with Gasteiger partial charge in [0.25, 0.3) is 0 Å². The van der Waals surface area contributed by atoms with E-state index in [2.05, 4.69) is 39.8 Å². The summed E-state index contributed by atoms with van der Waals surface area (Å²) < 4.78 is 44.0. The average molecular weight is 1470 g/mol. The number of hydrogen-bond donors (Lipinski definition) is 4. The number of aliphatic hydroxyl groups excluding tert-OH is 4. The van der Waals surface area contributed by atoms with Crippen LogP contribution in [0.2, 0.25) is 0 Å². The van der Waals surface area contributed by atoms with Crippen LogP contribution in [-0.2, 0) is 51.1 Å². The van der Waals surface area contributed by atoms with Crippen LogP contribution in [0.3, 0.4) is 0 Å². The lowest BCUT2D eigenvalue weighted by Crippen LogP contribution is -2.25. The first kappa shape index (κ1) is 104. The van der Waals surface area contributed by atoms with Gasteiger partial charge in [0.2, 0.25) is 0 Å². The van der Waals surface area contributed by atoms with Gasteiger partial charge in [-0.2, -0.15) is 0 Å². The summed E-state index contributed by atoms with van der Waals surface area (Å²) in [5.74, 6) is 0. The molecule has 0 aromatic heterocycles. The zero-order valence-corrected chi connectivity index (χ0v) is 69.6. The van der Waals surface area contributed by atoms with Crippen LogP contribution < -0.4 is 0 Å². The van der Waals surface area contributed by atoms with E-state index >= 15 is 0 Å². The average Bonchev–Trinajstić information content (AvgIpc) is 1.21. The summed E-state index contributed by atoms with van der Waals surface area (Å²) >= 11 is 0. The molecule has 0 aliphatic carbocycles. The van der Waals surface area contributed by atoms with E-state index in [9.17, 15) is 10.2 Å². The van der Waals surface area contributed by atoms with Gasteiger partial charge in [0.15, 0.2) is 0 Å². The Hall–Kier alpha value is -2.04. The van der Waals surface area contributed by atoms with E-state index in [0.717, 1.165) is 51.1 Å². The predicted molar refractivity (Wildman–Crippen MR) is 444 cm³/mol. The number of hydrogen-bond acceptors (Lipinski definition) is 12. The Morgan fingerprint density at radius 3 is 0.702 bits per heavy atom. The van der Waals surface area contributed by atoms with Gasteiger partial charge in [-0.25, -0.2) is 0 Å². The topological polar surface area (TPSA) is 155 Å². The van der Waals surface area contributed by atoms with Crippen LogP contribution in [0.1, 0.15) is 398 Å². The SMILES string of the molecule is CCCCCCCCCCCCCCCCOCC(CO)OCc1ccccc1.CCCCCCCCCCCCCCCCOCC(COC)OCc1ccccc1.CCCCCCCCCCCCCCCCOCC(O)CO.CCCCCCCCCCCCCCCCOCC(O)COC. The van der Waals surface area contributed by atoms with Crippen LogP contribution in [0.25, 0.3) is 0 Å². The normalized spacial score (nSPS) is 12.5. The fourth-order valence-electron chi connectivity index (χ4n) is 12.8. The summed E-state index contributed by atoms with van der Waals surface area (Å²) in [4.78, 5) is 0. The van der Waals surface area contributed by atoms with Gasteiger partial charge in [-0.05, 0) is 36.8 Å². The third kappa shape index (κ3) is 87.2. The Balaban J connectivity index is 0. The number of methoxy groups -OCH3 is 2. The fraction of sp³-hybridized carbons (Fsp3) is 0.870. The molecule has 0 aliphatic rings. The summed E-state index contributed by atoms with van der Waals surface area (Å²) in [6.07, 6.45) is 75.4. The Morgan fingerprint density at radius 2 is 0.462 bits per heavy atom. The van der Waals surface area contributed by atoms with Gasteiger partial charge >= 0.3 is 0 Å². The first-order chi connectivity index (χ1) is 51.3. The zero-order valence-electron chi connectivity index (χ0n) is 69.6. The van der Waals surface area contributed by atoms with Crippen LogP contribution in [0.15, 0.2) is 60.7 Å². The third-order valence-corrected chi connectivity index (χ3v) is 19.6. The van der Waals surface area contributed by atoms with E-state index < -0.39 is 12.2 Å². The van der Waals surface area contributed by atoms with Crippen molar-refractivity contribution in [2.24, 2.45) is 0 Å². The van der Waals surface area contributed by atoms with Crippen LogP contribution in [0, 0.1) is 0 Å². The molecule has 0 aliphatic heterocycles. The molecular formula is C92H176O12. The smallest absolute Gasteiger partial charge is 0.105 e. The first-order valence-corrected chi connectivity index (χ1v) is 44.5. The second-order valence-corrected chi connectivity index (χ2v) is 30.1. The molecule has 0 saturated heterocycles. The van der Waals surface area contributed by atoms with E-state index in [1.807, 2.05) is 48.5 Å². The molecule has 4 unspecified atom stereocenters. The number of benzene rings is 2. The number of rotatable bonds is 80. The molecule has 4 N–H and O–H groups in total. The lowest BCUT2D eigenvalue weighted by Gasteiger charge is -2.17. The highest BCUT2D eigenvalue weighted by Gasteiger charge is 2.11. The highest BCUT2D eigenvalue weighted by Crippen LogP contribution is 2.19. The summed E-state index contributed by atoms with van der Waals surface area (Å²) in [5.41, 5.74) is 2.31. The van der Waals surface area contributed by atoms with E-state index in [1.54, 1.807) is 14.2 Å². The minimum atomic E-state index is -0.716. The summed E-state index contributed by atoms with van der Waals surface area (Å²) in [6.45, 7) is 15.8. The maximum Gasteiger partial charge on any atom is 0.105 e. The lowest BCUT2D eigenvalue weighted by molar-refractivity contribution is -0.0587.